The monoisotopic (exact) mass is 375 g/mol. The summed E-state index contributed by atoms with van der Waals surface area (Å²) in [5.74, 6) is 0.732. The van der Waals surface area contributed by atoms with Crippen molar-refractivity contribution in [1.29, 1.82) is 0 Å². The minimum Gasteiger partial charge on any atom is -0.383 e. The topological polar surface area (TPSA) is 69.2 Å². The van der Waals surface area contributed by atoms with Crippen molar-refractivity contribution in [2.45, 2.75) is 20.4 Å². The Labute approximate surface area is 162 Å². The lowest BCUT2D eigenvalue weighted by molar-refractivity contribution is -0.119. The Bertz CT molecular complexity index is 612. The number of ether oxygens (including phenoxy) is 1. The van der Waals surface area contributed by atoms with E-state index in [1.54, 1.807) is 7.11 Å². The molecule has 27 heavy (non-hydrogen) atoms. The maximum Gasteiger partial charge on any atom is 0.241 e. The Morgan fingerprint density at radius 2 is 2.00 bits per heavy atom. The number of benzene rings is 1. The van der Waals surface area contributed by atoms with E-state index in [9.17, 15) is 4.79 Å². The molecule has 1 saturated heterocycles. The molecule has 2 rings (SSSR count). The highest BCUT2D eigenvalue weighted by Crippen LogP contribution is 2.10. The van der Waals surface area contributed by atoms with Gasteiger partial charge >= 0.3 is 0 Å². The van der Waals surface area contributed by atoms with Gasteiger partial charge in [0.1, 0.15) is 6.54 Å². The molecule has 7 nitrogen and oxygen atoms in total. The van der Waals surface area contributed by atoms with Crippen LogP contribution in [0.3, 0.4) is 0 Å². The summed E-state index contributed by atoms with van der Waals surface area (Å²) >= 11 is 0. The van der Waals surface area contributed by atoms with Crippen molar-refractivity contribution < 1.29 is 9.53 Å². The van der Waals surface area contributed by atoms with E-state index in [0.717, 1.165) is 45.2 Å². The molecule has 0 unspecified atom stereocenters. The molecule has 1 aliphatic rings. The summed E-state index contributed by atoms with van der Waals surface area (Å²) in [6.07, 6.45) is 0. The summed E-state index contributed by atoms with van der Waals surface area (Å²) in [5, 5.41) is 6.10. The third-order valence-electron chi connectivity index (χ3n) is 4.50. The largest absolute Gasteiger partial charge is 0.383 e. The van der Waals surface area contributed by atoms with Crippen LogP contribution in [-0.4, -0.2) is 81.2 Å². The molecular formula is C20H33N5O2. The van der Waals surface area contributed by atoms with E-state index in [4.69, 9.17) is 4.74 Å². The first-order chi connectivity index (χ1) is 13.1. The van der Waals surface area contributed by atoms with Gasteiger partial charge < -0.3 is 20.3 Å². The maximum atomic E-state index is 11.9. The van der Waals surface area contributed by atoms with Gasteiger partial charge in [0.15, 0.2) is 5.96 Å². The van der Waals surface area contributed by atoms with E-state index in [-0.39, 0.29) is 12.5 Å². The molecule has 0 aliphatic carbocycles. The fourth-order valence-electron chi connectivity index (χ4n) is 3.11. The zero-order chi connectivity index (χ0) is 19.5. The molecule has 0 aromatic heterocycles. The van der Waals surface area contributed by atoms with Gasteiger partial charge in [0.25, 0.3) is 0 Å². The number of aryl methyl sites for hydroxylation is 1. The van der Waals surface area contributed by atoms with Crippen LogP contribution in [0.25, 0.3) is 0 Å². The molecule has 0 radical (unpaired) electrons. The summed E-state index contributed by atoms with van der Waals surface area (Å²) in [6, 6.07) is 8.69. The summed E-state index contributed by atoms with van der Waals surface area (Å²) in [6.45, 7) is 10.9. The van der Waals surface area contributed by atoms with Crippen molar-refractivity contribution in [3.8, 4) is 0 Å². The van der Waals surface area contributed by atoms with Gasteiger partial charge in [-0.3, -0.25) is 9.69 Å². The van der Waals surface area contributed by atoms with Crippen molar-refractivity contribution in [3.63, 3.8) is 0 Å². The lowest BCUT2D eigenvalue weighted by Gasteiger charge is -2.36. The first-order valence-corrected chi connectivity index (χ1v) is 9.69. The van der Waals surface area contributed by atoms with Crippen LogP contribution in [0.2, 0.25) is 0 Å². The van der Waals surface area contributed by atoms with Crippen LogP contribution >= 0.6 is 0 Å². The number of carbonyl (C=O) groups excluding carboxylic acids is 1. The van der Waals surface area contributed by atoms with E-state index in [1.807, 2.05) is 6.92 Å². The van der Waals surface area contributed by atoms with Crippen LogP contribution in [0.15, 0.2) is 29.3 Å². The molecule has 1 aromatic carbocycles. The number of piperazine rings is 1. The van der Waals surface area contributed by atoms with E-state index in [1.165, 1.54) is 11.1 Å². The van der Waals surface area contributed by atoms with Gasteiger partial charge in [-0.1, -0.05) is 29.8 Å². The van der Waals surface area contributed by atoms with Crippen molar-refractivity contribution in [1.82, 2.24) is 20.4 Å². The second-order valence-corrected chi connectivity index (χ2v) is 6.77. The molecule has 1 aromatic rings. The molecule has 0 bridgehead atoms. The second kappa shape index (κ2) is 11.6. The minimum absolute atomic E-state index is 0.0828. The highest BCUT2D eigenvalue weighted by molar-refractivity contribution is 5.85. The lowest BCUT2D eigenvalue weighted by atomic mass is 10.1. The summed E-state index contributed by atoms with van der Waals surface area (Å²) in [4.78, 5) is 21.1. The smallest absolute Gasteiger partial charge is 0.241 e. The van der Waals surface area contributed by atoms with Crippen LogP contribution in [0.1, 0.15) is 18.1 Å². The average Bonchev–Trinajstić information content (AvgIpc) is 2.66. The van der Waals surface area contributed by atoms with Crippen molar-refractivity contribution in [2.75, 3.05) is 59.5 Å². The van der Waals surface area contributed by atoms with E-state index < -0.39 is 0 Å². The fraction of sp³-hybridized carbons (Fsp3) is 0.600. The number of aliphatic imine (C=N–C) groups is 1. The molecule has 2 N–H and O–H groups in total. The molecule has 0 spiro atoms. The predicted molar refractivity (Wildman–Crippen MR) is 109 cm³/mol. The predicted octanol–water partition coefficient (Wildman–Crippen LogP) is 0.841. The normalized spacial score (nSPS) is 15.7. The van der Waals surface area contributed by atoms with Gasteiger partial charge in [0, 0.05) is 52.9 Å². The number of nitrogens with one attached hydrogen (secondary N) is 2. The molecule has 150 valence electrons. The fourth-order valence-corrected chi connectivity index (χ4v) is 3.11. The highest BCUT2D eigenvalue weighted by Gasteiger charge is 2.19. The third kappa shape index (κ3) is 7.56. The van der Waals surface area contributed by atoms with Crippen LogP contribution in [0.5, 0.6) is 0 Å². The molecule has 1 fully saturated rings. The Hall–Kier alpha value is -2.12. The van der Waals surface area contributed by atoms with E-state index in [2.05, 4.69) is 56.6 Å². The van der Waals surface area contributed by atoms with Crippen LogP contribution in [-0.2, 0) is 16.1 Å². The first-order valence-electron chi connectivity index (χ1n) is 9.69. The SMILES string of the molecule is CCNC(=NCC(=O)NCCOC)N1CCN(Cc2cccc(C)c2)CC1. The molecular weight excluding hydrogens is 342 g/mol. The van der Waals surface area contributed by atoms with Gasteiger partial charge in [-0.05, 0) is 19.4 Å². The molecule has 7 heteroatoms. The minimum atomic E-state index is -0.0828. The number of hydrogen-bond donors (Lipinski definition) is 2. The van der Waals surface area contributed by atoms with Crippen LogP contribution < -0.4 is 10.6 Å². The Kier molecular flexibility index (Phi) is 9.07. The zero-order valence-electron chi connectivity index (χ0n) is 16.8. The Morgan fingerprint density at radius 1 is 1.22 bits per heavy atom. The summed E-state index contributed by atoms with van der Waals surface area (Å²) in [7, 11) is 1.62. The number of guanidine groups is 1. The molecule has 1 aliphatic heterocycles. The maximum absolute atomic E-state index is 11.9. The van der Waals surface area contributed by atoms with Gasteiger partial charge in [0.2, 0.25) is 5.91 Å². The zero-order valence-corrected chi connectivity index (χ0v) is 16.8. The van der Waals surface area contributed by atoms with Crippen molar-refractivity contribution >= 4 is 11.9 Å². The average molecular weight is 376 g/mol. The number of amides is 1. The molecule has 1 heterocycles. The summed E-state index contributed by atoms with van der Waals surface area (Å²) in [5.41, 5.74) is 2.66. The number of carbonyl (C=O) groups is 1. The summed E-state index contributed by atoms with van der Waals surface area (Å²) < 4.78 is 4.93. The van der Waals surface area contributed by atoms with Gasteiger partial charge in [0.05, 0.1) is 6.61 Å². The highest BCUT2D eigenvalue weighted by atomic mass is 16.5. The number of nitrogens with zero attached hydrogens (tertiary/aromatic N) is 3. The van der Waals surface area contributed by atoms with Gasteiger partial charge in [-0.2, -0.15) is 0 Å². The third-order valence-corrected chi connectivity index (χ3v) is 4.50. The molecule has 1 amide bonds. The second-order valence-electron chi connectivity index (χ2n) is 6.77. The Balaban J connectivity index is 1.83. The standard InChI is InChI=1S/C20H33N5O2/c1-4-21-20(23-15-19(26)22-8-13-27-3)25-11-9-24(10-12-25)16-18-7-5-6-17(2)14-18/h5-7,14H,4,8-13,15-16H2,1-3H3,(H,21,23)(H,22,26). The van der Waals surface area contributed by atoms with Gasteiger partial charge in [-0.25, -0.2) is 4.99 Å². The molecule has 0 atom stereocenters. The van der Waals surface area contributed by atoms with Crippen molar-refractivity contribution in [2.24, 2.45) is 4.99 Å². The van der Waals surface area contributed by atoms with Crippen molar-refractivity contribution in [3.05, 3.63) is 35.4 Å². The first kappa shape index (κ1) is 21.2. The number of rotatable bonds is 8. The number of methoxy groups -OCH3 is 1. The van der Waals surface area contributed by atoms with E-state index >= 15 is 0 Å². The lowest BCUT2D eigenvalue weighted by Crippen LogP contribution is -2.52. The quantitative estimate of drug-likeness (QED) is 0.400. The van der Waals surface area contributed by atoms with Gasteiger partial charge in [-0.15, -0.1) is 0 Å². The Morgan fingerprint density at radius 3 is 2.67 bits per heavy atom. The number of hydrogen-bond acceptors (Lipinski definition) is 4. The van der Waals surface area contributed by atoms with Crippen LogP contribution in [0.4, 0.5) is 0 Å². The molecule has 0 saturated carbocycles. The van der Waals surface area contributed by atoms with Crippen LogP contribution in [0, 0.1) is 6.92 Å². The van der Waals surface area contributed by atoms with E-state index in [0.29, 0.717) is 13.2 Å².